The maximum atomic E-state index is 8.77. The molecule has 0 rings (SSSR count). The molecule has 16 heteroatoms. The topological polar surface area (TPSA) is 396 Å². The van der Waals surface area contributed by atoms with Crippen molar-refractivity contribution in [2.45, 2.75) is 0 Å². The van der Waals surface area contributed by atoms with E-state index in [0.717, 1.165) is 0 Å². The maximum absolute atomic E-state index is 8.77. The van der Waals surface area contributed by atoms with E-state index in [2.05, 4.69) is 0 Å². The van der Waals surface area contributed by atoms with Crippen LogP contribution in [-0.2, 0) is 4.57 Å². The molecule has 0 heterocycles. The van der Waals surface area contributed by atoms with Gasteiger partial charge in [-0.1, -0.05) is 0 Å². The molecule has 0 fully saturated rings. The van der Waals surface area contributed by atoms with Crippen LogP contribution >= 0.6 is 7.82 Å². The van der Waals surface area contributed by atoms with Crippen molar-refractivity contribution >= 4 is 7.82 Å². The average Bonchev–Trinajstić information content (AvgIpc) is 0.722. The van der Waals surface area contributed by atoms with E-state index in [1.807, 2.05) is 0 Å². The fourth-order valence-corrected chi connectivity index (χ4v) is 0. The third-order valence-electron chi connectivity index (χ3n) is 0. The summed E-state index contributed by atoms with van der Waals surface area (Å²) in [7, 11) is -4.89. The summed E-state index contributed by atoms with van der Waals surface area (Å²) in [5.41, 5.74) is 0. The van der Waals surface area contributed by atoms with Crippen molar-refractivity contribution in [2.75, 3.05) is 0 Å². The molecule has 0 aromatic heterocycles. The molecule has 0 bridgehead atoms. The van der Waals surface area contributed by atoms with Gasteiger partial charge in [-0.3, -0.25) is 4.57 Å². The predicted molar refractivity (Wildman–Crippen MR) is 48.2 cm³/mol. The van der Waals surface area contributed by atoms with Gasteiger partial charge in [0.2, 0.25) is 0 Å². The summed E-state index contributed by atoms with van der Waals surface area (Å²) in [4.78, 5) is 22.9. The van der Waals surface area contributed by atoms with Crippen molar-refractivity contribution in [2.24, 2.45) is 0 Å². The Kier molecular flexibility index (Phi) is 877. The van der Waals surface area contributed by atoms with Crippen LogP contribution in [0, 0.1) is 0 Å². The van der Waals surface area contributed by atoms with Crippen LogP contribution in [0.2, 0.25) is 0 Å². The summed E-state index contributed by atoms with van der Waals surface area (Å²) in [6.45, 7) is 0. The quantitative estimate of drug-likeness (QED) is 0.324. The molecule has 0 spiro atoms. The van der Waals surface area contributed by atoms with Crippen LogP contribution < -0.4 is 34.5 Å². The van der Waals surface area contributed by atoms with Crippen LogP contribution in [0.3, 0.4) is 0 Å². The Hall–Kier alpha value is 0.710. The minimum absolute atomic E-state index is 0. The Bertz CT molecular complexity index is 56.9. The van der Waals surface area contributed by atoms with Crippen LogP contribution in [0.4, 0.5) is 0 Å². The number of rotatable bonds is 0. The second-order valence-corrected chi connectivity index (χ2v) is 1.47. The van der Waals surface area contributed by atoms with Gasteiger partial charge in [0.1, 0.15) is 0 Å². The zero-order chi connectivity index (χ0) is 4.50. The second kappa shape index (κ2) is 75.5. The van der Waals surface area contributed by atoms with E-state index in [-0.39, 0.29) is 84.3 Å². The standard InChI is InChI=1S/Na.H3O4P.10H2O/c;1-5(2,3)4;;;;;;;;;;/h;(H3,1,2,3,4);10*1H2/q+1;;;;;;;;;;;/p-1. The molecule has 0 aliphatic heterocycles. The second-order valence-electron chi connectivity index (χ2n) is 0.491. The van der Waals surface area contributed by atoms with Crippen molar-refractivity contribution in [1.82, 2.24) is 0 Å². The minimum atomic E-state index is -4.89. The molecule has 0 atom stereocenters. The van der Waals surface area contributed by atoms with Crippen LogP contribution in [-0.4, -0.2) is 64.5 Å². The number of phosphoric acid groups is 1. The molecule has 14 nitrogen and oxygen atoms in total. The van der Waals surface area contributed by atoms with Crippen LogP contribution in [0.25, 0.3) is 0 Å². The smallest absolute Gasteiger partial charge is 0.756 e. The first-order valence-corrected chi connectivity index (χ1v) is 2.30. The predicted octanol–water partition coefficient (Wildman–Crippen LogP) is -12.8. The Morgan fingerprint density at radius 2 is 0.625 bits per heavy atom. The third-order valence-corrected chi connectivity index (χ3v) is 0. The van der Waals surface area contributed by atoms with Gasteiger partial charge < -0.3 is 69.4 Å². The largest absolute Gasteiger partial charge is 1.00 e. The van der Waals surface area contributed by atoms with E-state index >= 15 is 0 Å². The first-order valence-electron chi connectivity index (χ1n) is 0.765. The molecule has 0 amide bonds. The summed E-state index contributed by atoms with van der Waals surface area (Å²) in [5.74, 6) is 0. The molecule has 0 saturated heterocycles. The first kappa shape index (κ1) is 186. The van der Waals surface area contributed by atoms with E-state index in [1.54, 1.807) is 0 Å². The summed E-state index contributed by atoms with van der Waals surface area (Å²) in [6, 6.07) is 0. The van der Waals surface area contributed by atoms with Gasteiger partial charge in [-0.2, -0.15) is 0 Å². The molecule has 0 radical (unpaired) electrons. The Balaban J connectivity index is -0.00000000145. The zero-order valence-electron chi connectivity index (χ0n) is 8.16. The van der Waals surface area contributed by atoms with Crippen LogP contribution in [0.5, 0.6) is 0 Å². The molecule has 0 aliphatic carbocycles. The summed E-state index contributed by atoms with van der Waals surface area (Å²) in [5, 5.41) is 0. The fourth-order valence-electron chi connectivity index (χ4n) is 0. The molecule has 0 aliphatic rings. The number of hydrogen-bond acceptors (Lipinski definition) is 2. The summed E-state index contributed by atoms with van der Waals surface area (Å²) >= 11 is 0. The minimum Gasteiger partial charge on any atom is -0.756 e. The molecule has 0 aromatic carbocycles. The van der Waals surface area contributed by atoms with Gasteiger partial charge in [-0.05, 0) is 0 Å². The van der Waals surface area contributed by atoms with Gasteiger partial charge in [0.05, 0.1) is 0 Å². The van der Waals surface area contributed by atoms with Crippen molar-refractivity contribution in [3.8, 4) is 0 Å². The molecule has 0 unspecified atom stereocenters. The Labute approximate surface area is 112 Å². The average molecular weight is 300 g/mol. The van der Waals surface area contributed by atoms with E-state index in [4.69, 9.17) is 19.2 Å². The van der Waals surface area contributed by atoms with Crippen molar-refractivity contribution in [3.05, 3.63) is 0 Å². The van der Waals surface area contributed by atoms with E-state index in [1.165, 1.54) is 0 Å². The van der Waals surface area contributed by atoms with Crippen LogP contribution in [0.1, 0.15) is 0 Å². The van der Waals surface area contributed by atoms with Crippen molar-refractivity contribution < 1.29 is 104 Å². The van der Waals surface area contributed by atoms with Gasteiger partial charge in [0.15, 0.2) is 0 Å². The SMILES string of the molecule is O.O.O.O.O.O.O.O.O.O.O=P([O-])(O)O.[Na+]. The summed E-state index contributed by atoms with van der Waals surface area (Å²) in [6.07, 6.45) is 0. The van der Waals surface area contributed by atoms with Gasteiger partial charge >= 0.3 is 29.6 Å². The van der Waals surface area contributed by atoms with Gasteiger partial charge in [-0.25, -0.2) is 0 Å². The van der Waals surface area contributed by atoms with Crippen LogP contribution in [0.15, 0.2) is 0 Å². The maximum Gasteiger partial charge on any atom is 1.00 e. The third kappa shape index (κ3) is 5480. The molecular weight excluding hydrogens is 278 g/mol. The monoisotopic (exact) mass is 300 g/mol. The van der Waals surface area contributed by atoms with Gasteiger partial charge in [0, 0.05) is 0 Å². The Morgan fingerprint density at radius 1 is 0.625 bits per heavy atom. The summed E-state index contributed by atoms with van der Waals surface area (Å²) < 4.78 is 8.77. The number of hydrogen-bond donors (Lipinski definition) is 2. The van der Waals surface area contributed by atoms with Crippen molar-refractivity contribution in [3.63, 3.8) is 0 Å². The normalized spacial score (nSPS) is 3.69. The zero-order valence-corrected chi connectivity index (χ0v) is 11.1. The van der Waals surface area contributed by atoms with Gasteiger partial charge in [0.25, 0.3) is 7.82 Å². The molecule has 22 N–H and O–H groups in total. The van der Waals surface area contributed by atoms with E-state index in [0.29, 0.717) is 0 Å². The molecule has 0 saturated carbocycles. The van der Waals surface area contributed by atoms with Gasteiger partial charge in [-0.15, -0.1) is 0 Å². The molecule has 0 aromatic rings. The van der Waals surface area contributed by atoms with E-state index in [9.17, 15) is 0 Å². The molecular formula is H22NaO14P. The fraction of sp³-hybridized carbons (Fsp3) is 0. The van der Waals surface area contributed by atoms with E-state index < -0.39 is 7.82 Å². The van der Waals surface area contributed by atoms with Crippen molar-refractivity contribution in [1.29, 1.82) is 0 Å². The molecule has 16 heavy (non-hydrogen) atoms. The first-order chi connectivity index (χ1) is 2.00. The Morgan fingerprint density at radius 3 is 0.625 bits per heavy atom. The molecule has 112 valence electrons.